The van der Waals surface area contributed by atoms with Crippen molar-refractivity contribution in [1.82, 2.24) is 9.97 Å². The van der Waals surface area contributed by atoms with Gasteiger partial charge in [-0.2, -0.15) is 10.2 Å². The summed E-state index contributed by atoms with van der Waals surface area (Å²) in [5.74, 6) is 1.53. The van der Waals surface area contributed by atoms with E-state index in [9.17, 15) is 5.26 Å². The van der Waals surface area contributed by atoms with Crippen molar-refractivity contribution >= 4 is 17.5 Å². The molecular formula is C17H20N6. The second-order valence-corrected chi connectivity index (χ2v) is 5.84. The van der Waals surface area contributed by atoms with E-state index < -0.39 is 0 Å². The zero-order valence-electron chi connectivity index (χ0n) is 13.4. The van der Waals surface area contributed by atoms with E-state index in [4.69, 9.17) is 0 Å². The molecule has 1 aromatic carbocycles. The van der Waals surface area contributed by atoms with Crippen molar-refractivity contribution in [2.24, 2.45) is 0 Å². The normalized spacial score (nSPS) is 16.9. The Morgan fingerprint density at radius 3 is 2.91 bits per heavy atom. The van der Waals surface area contributed by atoms with Crippen LogP contribution in [-0.2, 0) is 0 Å². The number of anilines is 3. The highest BCUT2D eigenvalue weighted by Crippen LogP contribution is 2.25. The van der Waals surface area contributed by atoms with Gasteiger partial charge in [-0.3, -0.25) is 0 Å². The van der Waals surface area contributed by atoms with Crippen molar-refractivity contribution in [3.05, 3.63) is 42.1 Å². The summed E-state index contributed by atoms with van der Waals surface area (Å²) in [6, 6.07) is 12.2. The van der Waals surface area contributed by atoms with E-state index in [1.165, 1.54) is 0 Å². The molecule has 2 aromatic rings. The third-order valence-corrected chi connectivity index (χ3v) is 3.95. The Balaban J connectivity index is 1.69. The fourth-order valence-corrected chi connectivity index (χ4v) is 2.79. The molecule has 118 valence electrons. The Kier molecular flexibility index (Phi) is 4.29. The third kappa shape index (κ3) is 3.34. The molecule has 23 heavy (non-hydrogen) atoms. The monoisotopic (exact) mass is 308 g/mol. The first-order valence-electron chi connectivity index (χ1n) is 7.68. The molecule has 1 aliphatic heterocycles. The average Bonchev–Trinajstić information content (AvgIpc) is 3.03. The first kappa shape index (κ1) is 15.1. The second-order valence-electron chi connectivity index (χ2n) is 5.84. The lowest BCUT2D eigenvalue weighted by atomic mass is 10.2. The van der Waals surface area contributed by atoms with E-state index in [2.05, 4.69) is 26.3 Å². The van der Waals surface area contributed by atoms with E-state index >= 15 is 0 Å². The maximum atomic E-state index is 9.25. The number of aromatic nitrogens is 2. The molecule has 0 saturated carbocycles. The van der Waals surface area contributed by atoms with Crippen molar-refractivity contribution in [2.75, 3.05) is 42.3 Å². The summed E-state index contributed by atoms with van der Waals surface area (Å²) in [5, 5.41) is 12.7. The van der Waals surface area contributed by atoms with Crippen LogP contribution in [0.3, 0.4) is 0 Å². The molecule has 1 unspecified atom stereocenters. The zero-order chi connectivity index (χ0) is 16.2. The minimum Gasteiger partial charge on any atom is -0.368 e. The van der Waals surface area contributed by atoms with Gasteiger partial charge in [-0.25, -0.2) is 4.98 Å². The van der Waals surface area contributed by atoms with Gasteiger partial charge in [0.2, 0.25) is 5.95 Å². The van der Waals surface area contributed by atoms with E-state index in [0.717, 1.165) is 36.6 Å². The second kappa shape index (κ2) is 6.53. The van der Waals surface area contributed by atoms with Gasteiger partial charge in [0, 0.05) is 39.4 Å². The Morgan fingerprint density at radius 1 is 1.30 bits per heavy atom. The Morgan fingerprint density at radius 2 is 2.13 bits per heavy atom. The molecule has 1 fully saturated rings. The predicted octanol–water partition coefficient (Wildman–Crippen LogP) is 2.11. The number of nitrogens with zero attached hydrogens (tertiary/aromatic N) is 5. The summed E-state index contributed by atoms with van der Waals surface area (Å²) in [4.78, 5) is 12.9. The van der Waals surface area contributed by atoms with Gasteiger partial charge in [0.25, 0.3) is 0 Å². The van der Waals surface area contributed by atoms with Gasteiger partial charge in [-0.05, 0) is 24.6 Å². The number of hydrogen-bond acceptors (Lipinski definition) is 6. The summed E-state index contributed by atoms with van der Waals surface area (Å²) < 4.78 is 0. The maximum Gasteiger partial charge on any atom is 0.226 e. The SMILES string of the molecule is CN(C)c1nccc(NC2CCN(c3ccccc3C#N)C2)n1. The van der Waals surface area contributed by atoms with Crippen LogP contribution in [0, 0.1) is 11.3 Å². The highest BCUT2D eigenvalue weighted by atomic mass is 15.2. The molecule has 1 N–H and O–H groups in total. The molecular weight excluding hydrogens is 288 g/mol. The van der Waals surface area contributed by atoms with Gasteiger partial charge in [-0.15, -0.1) is 0 Å². The quantitative estimate of drug-likeness (QED) is 0.933. The van der Waals surface area contributed by atoms with Crippen LogP contribution in [0.1, 0.15) is 12.0 Å². The fraction of sp³-hybridized carbons (Fsp3) is 0.353. The van der Waals surface area contributed by atoms with Crippen LogP contribution < -0.4 is 15.1 Å². The minimum absolute atomic E-state index is 0.312. The van der Waals surface area contributed by atoms with E-state index in [-0.39, 0.29) is 0 Å². The Labute approximate surface area is 136 Å². The van der Waals surface area contributed by atoms with Gasteiger partial charge in [0.1, 0.15) is 11.9 Å². The summed E-state index contributed by atoms with van der Waals surface area (Å²) in [6.45, 7) is 1.79. The van der Waals surface area contributed by atoms with Gasteiger partial charge in [0.15, 0.2) is 0 Å². The van der Waals surface area contributed by atoms with Crippen molar-refractivity contribution < 1.29 is 0 Å². The molecule has 6 nitrogen and oxygen atoms in total. The number of benzene rings is 1. The number of hydrogen-bond donors (Lipinski definition) is 1. The largest absolute Gasteiger partial charge is 0.368 e. The van der Waals surface area contributed by atoms with E-state index in [1.807, 2.05) is 49.3 Å². The summed E-state index contributed by atoms with van der Waals surface area (Å²) in [7, 11) is 3.85. The lowest BCUT2D eigenvalue weighted by Gasteiger charge is -2.20. The Hall–Kier alpha value is -2.81. The lowest BCUT2D eigenvalue weighted by Crippen LogP contribution is -2.27. The van der Waals surface area contributed by atoms with Crippen molar-refractivity contribution in [3.63, 3.8) is 0 Å². The topological polar surface area (TPSA) is 68.1 Å². The van der Waals surface area contributed by atoms with Gasteiger partial charge in [0.05, 0.1) is 11.3 Å². The van der Waals surface area contributed by atoms with Crippen LogP contribution in [-0.4, -0.2) is 43.2 Å². The molecule has 0 amide bonds. The summed E-state index contributed by atoms with van der Waals surface area (Å²) >= 11 is 0. The van der Waals surface area contributed by atoms with E-state index in [1.54, 1.807) is 6.20 Å². The Bertz CT molecular complexity index is 721. The maximum absolute atomic E-state index is 9.25. The fourth-order valence-electron chi connectivity index (χ4n) is 2.79. The van der Waals surface area contributed by atoms with Crippen LogP contribution >= 0.6 is 0 Å². The minimum atomic E-state index is 0.312. The van der Waals surface area contributed by atoms with Crippen molar-refractivity contribution in [2.45, 2.75) is 12.5 Å². The summed E-state index contributed by atoms with van der Waals surface area (Å²) in [5.41, 5.74) is 1.74. The van der Waals surface area contributed by atoms with Crippen LogP contribution in [0.15, 0.2) is 36.5 Å². The molecule has 3 rings (SSSR count). The van der Waals surface area contributed by atoms with Gasteiger partial charge < -0.3 is 15.1 Å². The molecule has 6 heteroatoms. The molecule has 1 aliphatic rings. The first-order chi connectivity index (χ1) is 11.2. The molecule has 0 aliphatic carbocycles. The molecule has 0 radical (unpaired) electrons. The summed E-state index contributed by atoms with van der Waals surface area (Å²) in [6.07, 6.45) is 2.78. The number of nitriles is 1. The van der Waals surface area contributed by atoms with E-state index in [0.29, 0.717) is 12.0 Å². The number of para-hydroxylation sites is 1. The third-order valence-electron chi connectivity index (χ3n) is 3.95. The molecule has 0 bridgehead atoms. The number of nitrogens with one attached hydrogen (secondary N) is 1. The van der Waals surface area contributed by atoms with Crippen LogP contribution in [0.4, 0.5) is 17.5 Å². The van der Waals surface area contributed by atoms with Crippen LogP contribution in [0.5, 0.6) is 0 Å². The molecule has 1 saturated heterocycles. The standard InChI is InChI=1S/C17H20N6/c1-22(2)17-19-9-7-16(21-17)20-14-8-10-23(12-14)15-6-4-3-5-13(15)11-18/h3-7,9,14H,8,10,12H2,1-2H3,(H,19,20,21). The average molecular weight is 308 g/mol. The number of rotatable bonds is 4. The predicted molar refractivity (Wildman–Crippen MR) is 91.8 cm³/mol. The van der Waals surface area contributed by atoms with Crippen molar-refractivity contribution in [1.29, 1.82) is 5.26 Å². The van der Waals surface area contributed by atoms with Crippen molar-refractivity contribution in [3.8, 4) is 6.07 Å². The zero-order valence-corrected chi connectivity index (χ0v) is 13.4. The highest BCUT2D eigenvalue weighted by molar-refractivity contribution is 5.60. The van der Waals surface area contributed by atoms with Crippen LogP contribution in [0.2, 0.25) is 0 Å². The van der Waals surface area contributed by atoms with Gasteiger partial charge in [-0.1, -0.05) is 12.1 Å². The van der Waals surface area contributed by atoms with Gasteiger partial charge >= 0.3 is 0 Å². The van der Waals surface area contributed by atoms with Crippen LogP contribution in [0.25, 0.3) is 0 Å². The molecule has 1 aromatic heterocycles. The molecule has 0 spiro atoms. The lowest BCUT2D eigenvalue weighted by molar-refractivity contribution is 0.798. The smallest absolute Gasteiger partial charge is 0.226 e. The first-order valence-corrected chi connectivity index (χ1v) is 7.68. The molecule has 2 heterocycles. The molecule has 1 atom stereocenters. The highest BCUT2D eigenvalue weighted by Gasteiger charge is 2.24.